The Bertz CT molecular complexity index is 402. The van der Waals surface area contributed by atoms with Crippen LogP contribution in [0.1, 0.15) is 110 Å². The highest BCUT2D eigenvalue weighted by Gasteiger charge is 2.04. The lowest BCUT2D eigenvalue weighted by molar-refractivity contribution is -0.0205. The van der Waals surface area contributed by atoms with Crippen molar-refractivity contribution in [3.8, 4) is 0 Å². The van der Waals surface area contributed by atoms with Gasteiger partial charge >= 0.3 is 0 Å². The van der Waals surface area contributed by atoms with Gasteiger partial charge in [0.1, 0.15) is 6.10 Å². The third kappa shape index (κ3) is 35.2. The van der Waals surface area contributed by atoms with E-state index in [0.717, 1.165) is 13.0 Å². The SMILES string of the molecule is CCCCCCCCCCCCCCCCCCOC[C@@H](CO)OC.CS(=O)(=O)O. The maximum atomic E-state index is 9.19. The molecule has 0 aromatic carbocycles. The number of ether oxygens (including phenoxy) is 2. The van der Waals surface area contributed by atoms with Crippen LogP contribution in [0.25, 0.3) is 0 Å². The lowest BCUT2D eigenvalue weighted by Crippen LogP contribution is -2.22. The minimum atomic E-state index is -3.67. The Labute approximate surface area is 186 Å². The van der Waals surface area contributed by atoms with Crippen LogP contribution in [0.4, 0.5) is 0 Å². The van der Waals surface area contributed by atoms with Crippen molar-refractivity contribution in [3.63, 3.8) is 0 Å². The Hall–Kier alpha value is -0.210. The van der Waals surface area contributed by atoms with E-state index in [-0.39, 0.29) is 12.7 Å². The first-order valence-electron chi connectivity index (χ1n) is 12.0. The highest BCUT2D eigenvalue weighted by Crippen LogP contribution is 2.13. The lowest BCUT2D eigenvalue weighted by atomic mass is 10.0. The van der Waals surface area contributed by atoms with Crippen LogP contribution >= 0.6 is 0 Å². The summed E-state index contributed by atoms with van der Waals surface area (Å²) in [5.74, 6) is 0. The fraction of sp³-hybridized carbons (Fsp3) is 1.00. The van der Waals surface area contributed by atoms with E-state index in [1.807, 2.05) is 0 Å². The molecule has 0 unspecified atom stereocenters. The van der Waals surface area contributed by atoms with Gasteiger partial charge in [-0.25, -0.2) is 0 Å². The Kier molecular flexibility index (Phi) is 26.7. The number of aliphatic hydroxyl groups excluding tert-OH is 1. The van der Waals surface area contributed by atoms with Crippen molar-refractivity contribution in [1.82, 2.24) is 0 Å². The summed E-state index contributed by atoms with van der Waals surface area (Å²) in [6.45, 7) is 3.62. The quantitative estimate of drug-likeness (QED) is 0.169. The Morgan fingerprint density at radius 2 is 1.07 bits per heavy atom. The molecule has 0 radical (unpaired) electrons. The average molecular weight is 455 g/mol. The highest BCUT2D eigenvalue weighted by molar-refractivity contribution is 7.85. The topological polar surface area (TPSA) is 93.1 Å². The summed E-state index contributed by atoms with van der Waals surface area (Å²) in [7, 11) is -2.06. The Balaban J connectivity index is 0. The summed E-state index contributed by atoms with van der Waals surface area (Å²) in [6, 6.07) is 0. The van der Waals surface area contributed by atoms with E-state index in [2.05, 4.69) is 6.92 Å². The van der Waals surface area contributed by atoms with Crippen LogP contribution in [0.3, 0.4) is 0 Å². The van der Waals surface area contributed by atoms with Gasteiger partial charge in [-0.1, -0.05) is 103 Å². The molecule has 1 atom stereocenters. The average Bonchev–Trinajstić information content (AvgIpc) is 2.68. The summed E-state index contributed by atoms with van der Waals surface area (Å²) >= 11 is 0. The molecular formula is C23H50O6S. The third-order valence-corrected chi connectivity index (χ3v) is 4.98. The van der Waals surface area contributed by atoms with Gasteiger partial charge < -0.3 is 14.6 Å². The fourth-order valence-corrected chi connectivity index (χ4v) is 3.16. The van der Waals surface area contributed by atoms with Crippen LogP contribution in [0, 0.1) is 0 Å². The van der Waals surface area contributed by atoms with Gasteiger partial charge in [-0.3, -0.25) is 4.55 Å². The van der Waals surface area contributed by atoms with E-state index in [1.165, 1.54) is 96.3 Å². The predicted octanol–water partition coefficient (Wildman–Crippen LogP) is 5.78. The predicted molar refractivity (Wildman–Crippen MR) is 126 cm³/mol. The summed E-state index contributed by atoms with van der Waals surface area (Å²) in [4.78, 5) is 0. The van der Waals surface area contributed by atoms with Crippen molar-refractivity contribution in [3.05, 3.63) is 0 Å². The number of rotatable bonds is 21. The number of hydrogen-bond donors (Lipinski definition) is 2. The largest absolute Gasteiger partial charge is 0.394 e. The van der Waals surface area contributed by atoms with Crippen molar-refractivity contribution < 1.29 is 27.6 Å². The van der Waals surface area contributed by atoms with Crippen LogP contribution in [0.2, 0.25) is 0 Å². The molecule has 0 amide bonds. The molecule has 0 spiro atoms. The first-order chi connectivity index (χ1) is 14.3. The molecule has 0 aromatic heterocycles. The molecule has 0 aliphatic heterocycles. The van der Waals surface area contributed by atoms with Gasteiger partial charge in [-0.05, 0) is 6.42 Å². The number of methoxy groups -OCH3 is 1. The van der Waals surface area contributed by atoms with E-state index in [9.17, 15) is 8.42 Å². The van der Waals surface area contributed by atoms with Gasteiger partial charge in [-0.2, -0.15) is 8.42 Å². The molecule has 0 fully saturated rings. The molecule has 6 nitrogen and oxygen atoms in total. The van der Waals surface area contributed by atoms with Crippen LogP contribution in [-0.4, -0.2) is 57.4 Å². The molecule has 30 heavy (non-hydrogen) atoms. The maximum absolute atomic E-state index is 9.19. The van der Waals surface area contributed by atoms with Crippen LogP contribution < -0.4 is 0 Å². The van der Waals surface area contributed by atoms with Gasteiger partial charge in [0.05, 0.1) is 19.5 Å². The summed E-state index contributed by atoms with van der Waals surface area (Å²) < 4.78 is 36.4. The molecule has 0 aliphatic carbocycles. The number of unbranched alkanes of at least 4 members (excludes halogenated alkanes) is 15. The molecule has 0 rings (SSSR count). The van der Waals surface area contributed by atoms with E-state index < -0.39 is 10.1 Å². The zero-order chi connectivity index (χ0) is 22.9. The van der Waals surface area contributed by atoms with E-state index in [1.54, 1.807) is 7.11 Å². The monoisotopic (exact) mass is 454 g/mol. The highest BCUT2D eigenvalue weighted by atomic mass is 32.2. The maximum Gasteiger partial charge on any atom is 0.261 e. The molecule has 0 aliphatic rings. The van der Waals surface area contributed by atoms with Crippen molar-refractivity contribution in [2.75, 3.05) is 33.2 Å². The molecule has 7 heteroatoms. The van der Waals surface area contributed by atoms with Crippen LogP contribution in [0.5, 0.6) is 0 Å². The van der Waals surface area contributed by atoms with E-state index in [4.69, 9.17) is 19.1 Å². The van der Waals surface area contributed by atoms with E-state index >= 15 is 0 Å². The summed E-state index contributed by atoms with van der Waals surface area (Å²) in [5, 5.41) is 8.96. The standard InChI is InChI=1S/C22H46O3.CH4O3S/c1-3-4-5-6-7-8-9-10-11-12-13-14-15-16-17-18-19-25-21-22(20-23)24-2;1-5(2,3)4/h22-23H,3-21H2,1-2H3;1H3,(H,2,3,4)/t22-;/m1./s1. The molecule has 184 valence electrons. The molecule has 0 aromatic rings. The first kappa shape index (κ1) is 32.0. The minimum absolute atomic E-state index is 0.0372. The van der Waals surface area contributed by atoms with Crippen molar-refractivity contribution in [1.29, 1.82) is 0 Å². The minimum Gasteiger partial charge on any atom is -0.394 e. The second kappa shape index (κ2) is 25.1. The van der Waals surface area contributed by atoms with Gasteiger partial charge in [0.15, 0.2) is 0 Å². The molecule has 0 heterocycles. The van der Waals surface area contributed by atoms with Crippen molar-refractivity contribution in [2.24, 2.45) is 0 Å². The first-order valence-corrected chi connectivity index (χ1v) is 13.8. The van der Waals surface area contributed by atoms with Gasteiger partial charge in [0.2, 0.25) is 0 Å². The van der Waals surface area contributed by atoms with Crippen LogP contribution in [-0.2, 0) is 19.6 Å². The zero-order valence-electron chi connectivity index (χ0n) is 19.9. The smallest absolute Gasteiger partial charge is 0.261 e. The van der Waals surface area contributed by atoms with Gasteiger partial charge in [0, 0.05) is 13.7 Å². The lowest BCUT2D eigenvalue weighted by Gasteiger charge is -2.12. The van der Waals surface area contributed by atoms with Gasteiger partial charge in [0.25, 0.3) is 10.1 Å². The third-order valence-electron chi connectivity index (χ3n) is 4.98. The van der Waals surface area contributed by atoms with Crippen molar-refractivity contribution in [2.45, 2.75) is 116 Å². The second-order valence-electron chi connectivity index (χ2n) is 8.15. The Morgan fingerprint density at radius 1 is 0.733 bits per heavy atom. The summed E-state index contributed by atoms with van der Waals surface area (Å²) in [6.07, 6.45) is 22.8. The Morgan fingerprint density at radius 3 is 1.37 bits per heavy atom. The molecule has 0 saturated heterocycles. The summed E-state index contributed by atoms with van der Waals surface area (Å²) in [5.41, 5.74) is 0. The van der Waals surface area contributed by atoms with Crippen molar-refractivity contribution >= 4 is 10.1 Å². The fourth-order valence-electron chi connectivity index (χ4n) is 3.16. The molecule has 2 N–H and O–H groups in total. The zero-order valence-corrected chi connectivity index (χ0v) is 20.8. The number of hydrogen-bond acceptors (Lipinski definition) is 5. The molecule has 0 saturated carbocycles. The normalized spacial score (nSPS) is 12.4. The number of aliphatic hydroxyl groups is 1. The van der Waals surface area contributed by atoms with Crippen LogP contribution in [0.15, 0.2) is 0 Å². The molecule has 0 bridgehead atoms. The van der Waals surface area contributed by atoms with Gasteiger partial charge in [-0.15, -0.1) is 0 Å². The molecular weight excluding hydrogens is 404 g/mol. The second-order valence-corrected chi connectivity index (χ2v) is 9.62. The van der Waals surface area contributed by atoms with E-state index in [0.29, 0.717) is 12.9 Å².